The summed E-state index contributed by atoms with van der Waals surface area (Å²) >= 11 is 0. The molecular weight excluding hydrogens is 687 g/mol. The molecule has 4 aromatic carbocycles. The molecule has 1 aromatic heterocycles. The Hall–Kier alpha value is -5.49. The van der Waals surface area contributed by atoms with Crippen molar-refractivity contribution in [1.29, 1.82) is 0 Å². The zero-order valence-corrected chi connectivity index (χ0v) is 31.4. The Labute approximate surface area is 315 Å². The highest BCUT2D eigenvalue weighted by Gasteiger charge is 2.33. The number of hydrogen-bond acceptors (Lipinski definition) is 9. The molecular formula is C42H48F2N8O2. The van der Waals surface area contributed by atoms with Gasteiger partial charge in [-0.1, -0.05) is 38.6 Å². The number of rotatable bonds is 14. The lowest BCUT2D eigenvalue weighted by molar-refractivity contribution is -0.0725. The van der Waals surface area contributed by atoms with Crippen LogP contribution in [0.1, 0.15) is 39.7 Å². The maximum absolute atomic E-state index is 15.1. The number of anilines is 3. The van der Waals surface area contributed by atoms with Gasteiger partial charge in [0.15, 0.2) is 0 Å². The molecule has 1 fully saturated rings. The SMILES string of the molecule is C=C1N(c2ccc(N3CCN(c4ccc(OCC(C)COC(C)(Cn5nc6ccccc6n5)c5ccc(F)cc5F)cc4)CC3)cc2)N=CN1C(C)CC. The average molecular weight is 735 g/mol. The summed E-state index contributed by atoms with van der Waals surface area (Å²) in [6.07, 6.45) is 2.88. The first-order valence-electron chi connectivity index (χ1n) is 18.6. The van der Waals surface area contributed by atoms with Crippen molar-refractivity contribution in [1.82, 2.24) is 19.9 Å². The molecule has 3 unspecified atom stereocenters. The smallest absolute Gasteiger partial charge is 0.132 e. The molecule has 0 N–H and O–H groups in total. The minimum atomic E-state index is -1.16. The van der Waals surface area contributed by atoms with Crippen LogP contribution >= 0.6 is 0 Å². The summed E-state index contributed by atoms with van der Waals surface area (Å²) < 4.78 is 41.5. The fraction of sp³-hybridized carbons (Fsp3) is 0.357. The second-order valence-corrected chi connectivity index (χ2v) is 14.4. The van der Waals surface area contributed by atoms with Crippen molar-refractivity contribution in [3.63, 3.8) is 0 Å². The first-order valence-corrected chi connectivity index (χ1v) is 18.6. The van der Waals surface area contributed by atoms with E-state index in [9.17, 15) is 4.39 Å². The molecule has 0 amide bonds. The summed E-state index contributed by atoms with van der Waals surface area (Å²) in [5.41, 5.74) is 3.88. The van der Waals surface area contributed by atoms with E-state index in [1.54, 1.807) is 6.92 Å². The highest BCUT2D eigenvalue weighted by Crippen LogP contribution is 2.32. The van der Waals surface area contributed by atoms with Gasteiger partial charge in [0.25, 0.3) is 0 Å². The van der Waals surface area contributed by atoms with E-state index in [2.05, 4.69) is 86.8 Å². The monoisotopic (exact) mass is 734 g/mol. The van der Waals surface area contributed by atoms with E-state index in [0.717, 1.165) is 72.6 Å². The van der Waals surface area contributed by atoms with Crippen molar-refractivity contribution in [2.75, 3.05) is 54.2 Å². The molecule has 2 aliphatic heterocycles. The van der Waals surface area contributed by atoms with Gasteiger partial charge in [-0.25, -0.2) is 13.8 Å². The number of ether oxygens (including phenoxy) is 2. The van der Waals surface area contributed by atoms with Gasteiger partial charge >= 0.3 is 0 Å². The quantitative estimate of drug-likeness (QED) is 0.114. The van der Waals surface area contributed by atoms with Gasteiger partial charge in [-0.15, -0.1) is 0 Å². The Bertz CT molecular complexity index is 2050. The van der Waals surface area contributed by atoms with Crippen molar-refractivity contribution < 1.29 is 18.3 Å². The van der Waals surface area contributed by atoms with Crippen LogP contribution in [0.4, 0.5) is 25.8 Å². The topological polar surface area (TPSA) is 74.5 Å². The van der Waals surface area contributed by atoms with Crippen LogP contribution in [0.3, 0.4) is 0 Å². The van der Waals surface area contributed by atoms with E-state index >= 15 is 4.39 Å². The maximum atomic E-state index is 15.1. The fourth-order valence-electron chi connectivity index (χ4n) is 6.90. The summed E-state index contributed by atoms with van der Waals surface area (Å²) in [6, 6.07) is 28.2. The zero-order valence-electron chi connectivity index (χ0n) is 31.4. The molecule has 7 rings (SSSR count). The van der Waals surface area contributed by atoms with Gasteiger partial charge in [0.2, 0.25) is 0 Å². The van der Waals surface area contributed by atoms with Crippen molar-refractivity contribution in [3.05, 3.63) is 121 Å². The van der Waals surface area contributed by atoms with Gasteiger partial charge in [0, 0.05) is 61.1 Å². The highest BCUT2D eigenvalue weighted by molar-refractivity contribution is 5.73. The Balaban J connectivity index is 0.899. The predicted octanol–water partition coefficient (Wildman–Crippen LogP) is 8.02. The molecule has 0 spiro atoms. The van der Waals surface area contributed by atoms with Crippen LogP contribution in [0.15, 0.2) is 108 Å². The first-order chi connectivity index (χ1) is 26.1. The van der Waals surface area contributed by atoms with E-state index in [-0.39, 0.29) is 24.6 Å². The molecule has 0 aliphatic carbocycles. The summed E-state index contributed by atoms with van der Waals surface area (Å²) in [6.45, 7) is 16.9. The van der Waals surface area contributed by atoms with Crippen molar-refractivity contribution in [2.24, 2.45) is 11.0 Å². The van der Waals surface area contributed by atoms with Crippen LogP contribution in [0.5, 0.6) is 5.75 Å². The number of hydrazone groups is 1. The second kappa shape index (κ2) is 15.9. The van der Waals surface area contributed by atoms with Crippen molar-refractivity contribution in [3.8, 4) is 5.75 Å². The maximum Gasteiger partial charge on any atom is 0.132 e. The Morgan fingerprint density at radius 1 is 0.796 bits per heavy atom. The van der Waals surface area contributed by atoms with Gasteiger partial charge in [0.05, 0.1) is 25.4 Å². The normalized spacial score (nSPS) is 17.0. The number of piperazine rings is 1. The van der Waals surface area contributed by atoms with Gasteiger partial charge in [0.1, 0.15) is 46.2 Å². The van der Waals surface area contributed by atoms with E-state index in [4.69, 9.17) is 9.47 Å². The van der Waals surface area contributed by atoms with Crippen LogP contribution in [0.2, 0.25) is 0 Å². The molecule has 1 saturated heterocycles. The van der Waals surface area contributed by atoms with Crippen LogP contribution in [0, 0.1) is 17.6 Å². The Kier molecular flexibility index (Phi) is 10.8. The second-order valence-electron chi connectivity index (χ2n) is 14.4. The van der Waals surface area contributed by atoms with Gasteiger partial charge in [-0.05, 0) is 87.0 Å². The largest absolute Gasteiger partial charge is 0.493 e. The Morgan fingerprint density at radius 3 is 1.98 bits per heavy atom. The van der Waals surface area contributed by atoms with Crippen molar-refractivity contribution in [2.45, 2.75) is 52.3 Å². The molecule has 3 heterocycles. The van der Waals surface area contributed by atoms with Gasteiger partial charge in [-0.2, -0.15) is 20.1 Å². The third-order valence-electron chi connectivity index (χ3n) is 10.3. The average Bonchev–Trinajstić information content (AvgIpc) is 3.78. The summed E-state index contributed by atoms with van der Waals surface area (Å²) in [7, 11) is 0. The molecule has 12 heteroatoms. The molecule has 54 heavy (non-hydrogen) atoms. The lowest BCUT2D eigenvalue weighted by Crippen LogP contribution is -2.46. The molecule has 282 valence electrons. The van der Waals surface area contributed by atoms with E-state index in [1.165, 1.54) is 22.6 Å². The highest BCUT2D eigenvalue weighted by atomic mass is 19.1. The molecule has 0 bridgehead atoms. The molecule has 3 atom stereocenters. The van der Waals surface area contributed by atoms with Gasteiger partial charge in [-0.3, -0.25) is 0 Å². The van der Waals surface area contributed by atoms with Crippen molar-refractivity contribution >= 4 is 34.4 Å². The number of benzene rings is 4. The van der Waals surface area contributed by atoms with E-state index < -0.39 is 17.2 Å². The molecule has 5 aromatic rings. The molecule has 0 radical (unpaired) electrons. The summed E-state index contributed by atoms with van der Waals surface area (Å²) in [4.78, 5) is 8.43. The van der Waals surface area contributed by atoms with E-state index in [0.29, 0.717) is 12.6 Å². The van der Waals surface area contributed by atoms with Crippen LogP contribution in [0.25, 0.3) is 11.0 Å². The fourth-order valence-corrected chi connectivity index (χ4v) is 6.90. The minimum Gasteiger partial charge on any atom is -0.493 e. The number of fused-ring (bicyclic) bond motifs is 1. The zero-order chi connectivity index (χ0) is 37.8. The standard InChI is InChI=1S/C42H48F2N8O2/c1-6-31(3)50-29-45-52(32(50)4)36-14-12-34(13-15-36)48-21-23-49(24-22-48)35-16-18-37(19-17-35)53-26-30(2)27-54-42(5,38-20-11-33(43)25-39(38)44)28-51-46-40-9-7-8-10-41(40)47-51/h7-20,25,29-31H,4,6,21-24,26-28H2,1-3,5H3. The summed E-state index contributed by atoms with van der Waals surface area (Å²) in [5, 5.41) is 15.6. The minimum absolute atomic E-state index is 0.0272. The summed E-state index contributed by atoms with van der Waals surface area (Å²) in [5.74, 6) is 0.288. The number of hydrogen-bond donors (Lipinski definition) is 0. The Morgan fingerprint density at radius 2 is 1.39 bits per heavy atom. The van der Waals surface area contributed by atoms with Crippen LogP contribution in [-0.4, -0.2) is 71.7 Å². The number of aromatic nitrogens is 3. The third-order valence-corrected chi connectivity index (χ3v) is 10.3. The third kappa shape index (κ3) is 8.03. The van der Waals surface area contributed by atoms with E-state index in [1.807, 2.05) is 54.7 Å². The lowest BCUT2D eigenvalue weighted by atomic mass is 9.94. The lowest BCUT2D eigenvalue weighted by Gasteiger charge is -2.37. The van der Waals surface area contributed by atoms with Crippen LogP contribution < -0.4 is 19.5 Å². The van der Waals surface area contributed by atoms with Crippen LogP contribution in [-0.2, 0) is 16.9 Å². The number of nitrogens with zero attached hydrogens (tertiary/aromatic N) is 8. The predicted molar refractivity (Wildman–Crippen MR) is 211 cm³/mol. The number of halogens is 2. The van der Waals surface area contributed by atoms with Gasteiger partial charge < -0.3 is 24.2 Å². The molecule has 10 nitrogen and oxygen atoms in total. The molecule has 0 saturated carbocycles. The first kappa shape index (κ1) is 36.9. The molecule has 2 aliphatic rings.